The fraction of sp³-hybridized carbons (Fsp3) is 0.290. The number of ether oxygens (including phenoxy) is 3. The number of nitrogens with zero attached hydrogens (tertiary/aromatic N) is 4. The van der Waals surface area contributed by atoms with Crippen molar-refractivity contribution in [3.8, 4) is 28.6 Å². The van der Waals surface area contributed by atoms with Crippen molar-refractivity contribution < 1.29 is 23.4 Å². The minimum absolute atomic E-state index is 0.0479. The van der Waals surface area contributed by atoms with Gasteiger partial charge in [0.25, 0.3) is 5.56 Å². The Bertz CT molecular complexity index is 1590. The van der Waals surface area contributed by atoms with Crippen molar-refractivity contribution >= 4 is 11.6 Å². The molecule has 0 bridgehead atoms. The predicted molar refractivity (Wildman–Crippen MR) is 155 cm³/mol. The summed E-state index contributed by atoms with van der Waals surface area (Å²) in [6.45, 7) is 2.74. The highest BCUT2D eigenvalue weighted by Crippen LogP contribution is 2.32. The molecule has 11 heteroatoms. The Balaban J connectivity index is 1.16. The Morgan fingerprint density at radius 3 is 2.43 bits per heavy atom. The van der Waals surface area contributed by atoms with E-state index in [2.05, 4.69) is 20.1 Å². The van der Waals surface area contributed by atoms with E-state index in [0.29, 0.717) is 49.8 Å². The molecule has 1 saturated heterocycles. The molecule has 1 fully saturated rings. The molecule has 218 valence electrons. The lowest BCUT2D eigenvalue weighted by Crippen LogP contribution is -2.48. The third-order valence-corrected chi connectivity index (χ3v) is 7.13. The molecule has 2 heterocycles. The molecule has 5 rings (SSSR count). The number of carbonyl (C=O) groups excluding carboxylic acids is 1. The fourth-order valence-corrected chi connectivity index (χ4v) is 4.76. The molecular weight excluding hydrogens is 541 g/mol. The van der Waals surface area contributed by atoms with Gasteiger partial charge in [-0.1, -0.05) is 12.1 Å². The molecule has 0 spiro atoms. The summed E-state index contributed by atoms with van der Waals surface area (Å²) in [4.78, 5) is 32.2. The Labute approximate surface area is 242 Å². The molecule has 42 heavy (non-hydrogen) atoms. The van der Waals surface area contributed by atoms with Crippen molar-refractivity contribution in [2.75, 3.05) is 45.3 Å². The lowest BCUT2D eigenvalue weighted by atomic mass is 10.1. The number of amides is 1. The second kappa shape index (κ2) is 13.2. The Hall–Kier alpha value is -4.93. The Kier molecular flexibility index (Phi) is 8.96. The second-order valence-corrected chi connectivity index (χ2v) is 9.80. The molecule has 1 N–H and O–H groups in total. The lowest BCUT2D eigenvalue weighted by Gasteiger charge is -2.36. The number of carbonyl (C=O) groups is 1. The van der Waals surface area contributed by atoms with E-state index >= 15 is 0 Å². The smallest absolute Gasteiger partial charge is 0.273 e. The molecule has 1 aliphatic heterocycles. The van der Waals surface area contributed by atoms with Crippen LogP contribution in [0.3, 0.4) is 0 Å². The normalized spacial score (nSPS) is 13.1. The predicted octanol–water partition coefficient (Wildman–Crippen LogP) is 3.85. The zero-order valence-corrected chi connectivity index (χ0v) is 23.5. The first-order valence-electron chi connectivity index (χ1n) is 13.6. The van der Waals surface area contributed by atoms with Crippen LogP contribution in [0.15, 0.2) is 71.5 Å². The largest absolute Gasteiger partial charge is 0.497 e. The van der Waals surface area contributed by atoms with Crippen molar-refractivity contribution in [3.63, 3.8) is 0 Å². The zero-order chi connectivity index (χ0) is 29.5. The van der Waals surface area contributed by atoms with Crippen molar-refractivity contribution in [3.05, 3.63) is 94.2 Å². The van der Waals surface area contributed by atoms with Gasteiger partial charge in [-0.05, 0) is 60.2 Å². The first kappa shape index (κ1) is 28.6. The van der Waals surface area contributed by atoms with Crippen LogP contribution >= 0.6 is 0 Å². The van der Waals surface area contributed by atoms with Crippen LogP contribution in [0.4, 0.5) is 10.1 Å². The van der Waals surface area contributed by atoms with Gasteiger partial charge in [0.05, 0.1) is 14.2 Å². The third kappa shape index (κ3) is 6.85. The van der Waals surface area contributed by atoms with E-state index < -0.39 is 5.56 Å². The van der Waals surface area contributed by atoms with Crippen LogP contribution in [0.5, 0.6) is 17.2 Å². The number of rotatable bonds is 10. The van der Waals surface area contributed by atoms with Crippen LogP contribution in [-0.2, 0) is 17.8 Å². The summed E-state index contributed by atoms with van der Waals surface area (Å²) in [5.74, 6) is 1.72. The molecule has 0 radical (unpaired) electrons. The molecular formula is C31H32FN5O5. The average Bonchev–Trinajstić information content (AvgIpc) is 3.03. The van der Waals surface area contributed by atoms with Crippen molar-refractivity contribution in [2.24, 2.45) is 0 Å². The summed E-state index contributed by atoms with van der Waals surface area (Å²) in [6, 6.07) is 19.2. The van der Waals surface area contributed by atoms with Crippen molar-refractivity contribution in [1.29, 1.82) is 0 Å². The molecule has 1 aliphatic rings. The summed E-state index contributed by atoms with van der Waals surface area (Å²) in [5, 5.41) is 8.31. The van der Waals surface area contributed by atoms with Crippen molar-refractivity contribution in [1.82, 2.24) is 20.1 Å². The molecule has 10 nitrogen and oxygen atoms in total. The molecule has 0 saturated carbocycles. The number of aromatic nitrogens is 3. The molecule has 1 amide bonds. The van der Waals surface area contributed by atoms with E-state index in [0.717, 1.165) is 17.0 Å². The SMILES string of the molecule is COc1cccc(COc2ccc(-c3nnc(CCC(=O)N4CCN(c5ccc(F)cc5)CC4)c(=O)[nH]3)cc2OC)c1. The quantitative estimate of drug-likeness (QED) is 0.305. The number of benzene rings is 3. The summed E-state index contributed by atoms with van der Waals surface area (Å²) >= 11 is 0. The Morgan fingerprint density at radius 2 is 1.71 bits per heavy atom. The number of nitrogens with one attached hydrogen (secondary N) is 1. The first-order valence-corrected chi connectivity index (χ1v) is 13.6. The van der Waals surface area contributed by atoms with Crippen molar-refractivity contribution in [2.45, 2.75) is 19.4 Å². The molecule has 1 aromatic heterocycles. The number of hydrogen-bond donors (Lipinski definition) is 1. The van der Waals surface area contributed by atoms with E-state index in [1.165, 1.54) is 19.2 Å². The van der Waals surface area contributed by atoms with Crippen LogP contribution in [0.2, 0.25) is 0 Å². The first-order chi connectivity index (χ1) is 20.4. The number of aryl methyl sites for hydroxylation is 1. The molecule has 0 atom stereocenters. The minimum atomic E-state index is -0.397. The third-order valence-electron chi connectivity index (χ3n) is 7.13. The van der Waals surface area contributed by atoms with Gasteiger partial charge in [-0.15, -0.1) is 10.2 Å². The van der Waals surface area contributed by atoms with Gasteiger partial charge in [-0.25, -0.2) is 4.39 Å². The number of piperazine rings is 1. The molecule has 0 unspecified atom stereocenters. The van der Waals surface area contributed by atoms with Crippen LogP contribution in [0.1, 0.15) is 17.7 Å². The van der Waals surface area contributed by atoms with Crippen LogP contribution < -0.4 is 24.7 Å². The molecule has 4 aromatic rings. The van der Waals surface area contributed by atoms with E-state index in [-0.39, 0.29) is 36.1 Å². The minimum Gasteiger partial charge on any atom is -0.497 e. The number of aromatic amines is 1. The van der Waals surface area contributed by atoms with Crippen LogP contribution in [0.25, 0.3) is 11.4 Å². The lowest BCUT2D eigenvalue weighted by molar-refractivity contribution is -0.131. The van der Waals surface area contributed by atoms with E-state index in [9.17, 15) is 14.0 Å². The van der Waals surface area contributed by atoms with E-state index in [1.807, 2.05) is 24.3 Å². The number of hydrogen-bond acceptors (Lipinski definition) is 8. The summed E-state index contributed by atoms with van der Waals surface area (Å²) in [5.41, 5.74) is 2.27. The maximum absolute atomic E-state index is 13.2. The van der Waals surface area contributed by atoms with Gasteiger partial charge in [0, 0.05) is 50.3 Å². The maximum Gasteiger partial charge on any atom is 0.273 e. The van der Waals surface area contributed by atoms with Gasteiger partial charge < -0.3 is 29.0 Å². The van der Waals surface area contributed by atoms with Gasteiger partial charge >= 0.3 is 0 Å². The summed E-state index contributed by atoms with van der Waals surface area (Å²) in [6.07, 6.45) is 0.334. The van der Waals surface area contributed by atoms with E-state index in [4.69, 9.17) is 14.2 Å². The van der Waals surface area contributed by atoms with Gasteiger partial charge in [-0.2, -0.15) is 0 Å². The zero-order valence-electron chi connectivity index (χ0n) is 23.5. The van der Waals surface area contributed by atoms with Gasteiger partial charge in [0.15, 0.2) is 17.3 Å². The number of H-pyrrole nitrogens is 1. The van der Waals surface area contributed by atoms with Gasteiger partial charge in [0.1, 0.15) is 23.9 Å². The highest BCUT2D eigenvalue weighted by atomic mass is 19.1. The second-order valence-electron chi connectivity index (χ2n) is 9.80. The number of anilines is 1. The molecule has 3 aromatic carbocycles. The highest BCUT2D eigenvalue weighted by molar-refractivity contribution is 5.76. The monoisotopic (exact) mass is 573 g/mol. The maximum atomic E-state index is 13.2. The molecule has 0 aliphatic carbocycles. The topological polar surface area (TPSA) is 110 Å². The average molecular weight is 574 g/mol. The standard InChI is InChI=1S/C31H32FN5O5/c1-40-25-5-3-4-21(18-25)20-42-27-12-6-22(19-28(27)41-2)30-33-31(39)26(34-35-30)11-13-29(38)37-16-14-36(15-17-37)24-9-7-23(32)8-10-24/h3-10,12,18-19H,11,13-17,20H2,1-2H3,(H,33,35,39). The van der Waals surface area contributed by atoms with E-state index in [1.54, 1.807) is 42.3 Å². The summed E-state index contributed by atoms with van der Waals surface area (Å²) < 4.78 is 29.9. The Morgan fingerprint density at radius 1 is 0.929 bits per heavy atom. The van der Waals surface area contributed by atoms with Gasteiger partial charge in [0.2, 0.25) is 5.91 Å². The number of halogens is 1. The van der Waals surface area contributed by atoms with Crippen LogP contribution in [0, 0.1) is 5.82 Å². The fourth-order valence-electron chi connectivity index (χ4n) is 4.76. The van der Waals surface area contributed by atoms with Crippen LogP contribution in [-0.4, -0.2) is 66.4 Å². The highest BCUT2D eigenvalue weighted by Gasteiger charge is 2.22. The summed E-state index contributed by atoms with van der Waals surface area (Å²) in [7, 11) is 3.15. The van der Waals surface area contributed by atoms with Gasteiger partial charge in [-0.3, -0.25) is 9.59 Å². The number of methoxy groups -OCH3 is 2.